The highest BCUT2D eigenvalue weighted by atomic mass is 35.5. The number of halogens is 2. The second-order valence-electron chi connectivity index (χ2n) is 9.62. The maximum absolute atomic E-state index is 8.35. The Kier molecular flexibility index (Phi) is 9.29. The number of hydrogen-bond donors (Lipinski definition) is 0. The molecule has 0 spiro atoms. The first-order valence-electron chi connectivity index (χ1n) is 13.4. The van der Waals surface area contributed by atoms with Crippen molar-refractivity contribution in [3.8, 4) is 0 Å². The zero-order chi connectivity index (χ0) is 27.3. The summed E-state index contributed by atoms with van der Waals surface area (Å²) in [5, 5.41) is 7.53. The Bertz CT molecular complexity index is 1520. The van der Waals surface area contributed by atoms with Gasteiger partial charge in [0.15, 0.2) is 11.8 Å². The molecule has 41 heavy (non-hydrogen) atoms. The van der Waals surface area contributed by atoms with Crippen molar-refractivity contribution in [3.05, 3.63) is 182 Å². The molecule has 0 aromatic heterocycles. The van der Waals surface area contributed by atoms with E-state index in [4.69, 9.17) is 11.6 Å². The van der Waals surface area contributed by atoms with Gasteiger partial charge in [0.2, 0.25) is 0 Å². The molecule has 0 bridgehead atoms. The maximum Gasteiger partial charge on any atom is 0.181 e. The average molecular weight is 608 g/mol. The predicted molar refractivity (Wildman–Crippen MR) is 181 cm³/mol. The number of hydrogen-bond acceptors (Lipinski definition) is 0. The maximum atomic E-state index is 8.35. The molecular formula is C37H30Cl2P2. The van der Waals surface area contributed by atoms with Gasteiger partial charge in [0.25, 0.3) is 0 Å². The van der Waals surface area contributed by atoms with Crippen LogP contribution < -0.4 is 44.2 Å². The third-order valence-electron chi connectivity index (χ3n) is 7.41. The topological polar surface area (TPSA) is 0 Å². The highest BCUT2D eigenvalue weighted by Gasteiger charge is 2.54. The first-order valence-corrected chi connectivity index (χ1v) is 17.4. The van der Waals surface area contributed by atoms with Gasteiger partial charge in [0.1, 0.15) is 15.9 Å². The van der Waals surface area contributed by atoms with E-state index >= 15 is 0 Å². The van der Waals surface area contributed by atoms with Gasteiger partial charge in [0, 0.05) is 6.89 Å². The summed E-state index contributed by atoms with van der Waals surface area (Å²) in [5.41, 5.74) is 0. The smallest absolute Gasteiger partial charge is 0.181 e. The van der Waals surface area contributed by atoms with Crippen molar-refractivity contribution in [1.29, 1.82) is 0 Å². The third kappa shape index (κ3) is 5.12. The van der Waals surface area contributed by atoms with Crippen LogP contribution in [0.2, 0.25) is 0 Å². The molecule has 0 aliphatic heterocycles. The summed E-state index contributed by atoms with van der Waals surface area (Å²) in [4.78, 5) is 0. The van der Waals surface area contributed by atoms with Crippen LogP contribution in [0.1, 0.15) is 0 Å². The van der Waals surface area contributed by atoms with Gasteiger partial charge in [-0.2, -0.15) is 0 Å². The highest BCUT2D eigenvalue weighted by molar-refractivity contribution is 8.23. The lowest BCUT2D eigenvalue weighted by molar-refractivity contribution is -0.00000740. The van der Waals surface area contributed by atoms with Crippen LogP contribution in [0.5, 0.6) is 0 Å². The molecule has 0 heterocycles. The van der Waals surface area contributed by atoms with Gasteiger partial charge in [-0.05, 0) is 63.9 Å². The van der Waals surface area contributed by atoms with Crippen LogP contribution in [0, 0.1) is 0 Å². The van der Waals surface area contributed by atoms with Crippen LogP contribution in [0.25, 0.3) is 0 Å². The number of benzene rings is 6. The molecule has 4 heteroatoms. The normalized spacial score (nSPS) is 11.3. The average Bonchev–Trinajstić information content (AvgIpc) is 3.05. The zero-order valence-electron chi connectivity index (χ0n) is 22.5. The van der Waals surface area contributed by atoms with Crippen molar-refractivity contribution >= 4 is 62.1 Å². The fourth-order valence-electron chi connectivity index (χ4n) is 5.67. The minimum atomic E-state index is -2.53. The van der Waals surface area contributed by atoms with Gasteiger partial charge in [-0.3, -0.25) is 0 Å². The van der Waals surface area contributed by atoms with E-state index in [0.717, 1.165) is 4.49 Å². The first kappa shape index (κ1) is 29.1. The van der Waals surface area contributed by atoms with Crippen LogP contribution >= 0.6 is 25.7 Å². The summed E-state index contributed by atoms with van der Waals surface area (Å²) < 4.78 is 1.02. The second-order valence-corrected chi connectivity index (χ2v) is 17.6. The van der Waals surface area contributed by atoms with Gasteiger partial charge in [-0.25, -0.2) is 0 Å². The number of rotatable bonds is 7. The Morgan fingerprint density at radius 3 is 0.829 bits per heavy atom. The Hall–Kier alpha value is -3.37. The van der Waals surface area contributed by atoms with E-state index in [0.29, 0.717) is 0 Å². The monoisotopic (exact) mass is 606 g/mol. The summed E-state index contributed by atoms with van der Waals surface area (Å²) in [7, 11) is -2.53. The summed E-state index contributed by atoms with van der Waals surface area (Å²) in [6.45, 7) is -2.53. The lowest BCUT2D eigenvalue weighted by Gasteiger charge is -2.35. The fraction of sp³-hybridized carbons (Fsp3) is 0. The van der Waals surface area contributed by atoms with Crippen LogP contribution in [-0.4, -0.2) is 4.49 Å². The van der Waals surface area contributed by atoms with E-state index in [-0.39, 0.29) is 12.4 Å². The molecule has 0 aliphatic rings. The molecule has 0 saturated carbocycles. The molecule has 0 nitrogen and oxygen atoms in total. The van der Waals surface area contributed by atoms with Crippen molar-refractivity contribution in [2.24, 2.45) is 0 Å². The van der Waals surface area contributed by atoms with E-state index in [1.807, 2.05) is 0 Å². The van der Waals surface area contributed by atoms with Gasteiger partial charge in [-0.15, -0.1) is 0 Å². The molecule has 0 aliphatic carbocycles. The van der Waals surface area contributed by atoms with Gasteiger partial charge in [0.05, 0.1) is 0 Å². The molecule has 0 unspecified atom stereocenters. The Labute approximate surface area is 255 Å². The zero-order valence-corrected chi connectivity index (χ0v) is 25.8. The molecule has 0 fully saturated rings. The molecule has 0 amide bonds. The summed E-state index contributed by atoms with van der Waals surface area (Å²) in [5.74, 6) is 0. The van der Waals surface area contributed by atoms with Crippen molar-refractivity contribution in [1.82, 2.24) is 0 Å². The molecule has 0 N–H and O–H groups in total. The lowest BCUT2D eigenvalue weighted by atomic mass is 10.4. The van der Waals surface area contributed by atoms with E-state index in [9.17, 15) is 0 Å². The Balaban J connectivity index is 0.00000337. The first-order chi connectivity index (χ1) is 19.8. The molecule has 6 rings (SSSR count). The summed E-state index contributed by atoms with van der Waals surface area (Å²) in [6.07, 6.45) is 0. The molecular weight excluding hydrogens is 577 g/mol. The molecule has 0 radical (unpaired) electrons. The van der Waals surface area contributed by atoms with Crippen LogP contribution in [0.4, 0.5) is 0 Å². The Morgan fingerprint density at radius 2 is 0.585 bits per heavy atom. The van der Waals surface area contributed by atoms with Crippen molar-refractivity contribution in [2.75, 3.05) is 0 Å². The Morgan fingerprint density at radius 1 is 0.366 bits per heavy atom. The van der Waals surface area contributed by atoms with Crippen molar-refractivity contribution in [2.45, 2.75) is 0 Å². The van der Waals surface area contributed by atoms with Crippen LogP contribution in [0.15, 0.2) is 182 Å². The van der Waals surface area contributed by atoms with E-state index in [1.54, 1.807) is 0 Å². The largest absolute Gasteiger partial charge is 1.00 e. The fourth-order valence-corrected chi connectivity index (χ4v) is 18.1. The minimum absolute atomic E-state index is 0. The van der Waals surface area contributed by atoms with Crippen LogP contribution in [0.3, 0.4) is 0 Å². The second kappa shape index (κ2) is 13.1. The van der Waals surface area contributed by atoms with Gasteiger partial charge >= 0.3 is 0 Å². The SMILES string of the molecule is ClC(=P(c1ccccc1)(c1ccccc1)c1ccccc1)[P+](c1ccccc1)(c1ccccc1)c1ccccc1.[Cl-]. The van der Waals surface area contributed by atoms with E-state index in [2.05, 4.69) is 182 Å². The minimum Gasteiger partial charge on any atom is -1.00 e. The molecule has 0 saturated heterocycles. The predicted octanol–water partition coefficient (Wildman–Crippen LogP) is 4.30. The lowest BCUT2D eigenvalue weighted by Crippen LogP contribution is -3.00. The van der Waals surface area contributed by atoms with E-state index < -0.39 is 14.1 Å². The van der Waals surface area contributed by atoms with Gasteiger partial charge in [-0.1, -0.05) is 146 Å². The van der Waals surface area contributed by atoms with Crippen LogP contribution in [-0.2, 0) is 0 Å². The third-order valence-corrected chi connectivity index (χ3v) is 18.3. The molecule has 0 atom stereocenters. The standard InChI is InChI=1S/C37H30ClP2.ClH/c38-37(39(31-19-7-1-8-20-31,32-21-9-2-10-22-32)33-23-11-3-12-24-33)40(34-25-13-4-14-26-34,35-27-15-5-16-28-35)36-29-17-6-18-30-36;/h1-30H;1H/q+1;/p-1. The van der Waals surface area contributed by atoms with Gasteiger partial charge < -0.3 is 12.4 Å². The highest BCUT2D eigenvalue weighted by Crippen LogP contribution is 2.66. The quantitative estimate of drug-likeness (QED) is 0.238. The summed E-state index contributed by atoms with van der Waals surface area (Å²) in [6, 6.07) is 65.6. The summed E-state index contributed by atoms with van der Waals surface area (Å²) >= 11 is 8.35. The van der Waals surface area contributed by atoms with Crippen molar-refractivity contribution < 1.29 is 12.4 Å². The van der Waals surface area contributed by atoms with Crippen molar-refractivity contribution in [3.63, 3.8) is 0 Å². The van der Waals surface area contributed by atoms with E-state index in [1.165, 1.54) is 31.8 Å². The molecule has 202 valence electrons. The molecule has 6 aromatic rings. The molecule has 6 aromatic carbocycles.